The second-order valence-corrected chi connectivity index (χ2v) is 5.93. The first-order valence-electron chi connectivity index (χ1n) is 7.22. The number of hydrogen-bond acceptors (Lipinski definition) is 2. The number of carbonyl (C=O) groups excluding carboxylic acids is 1. The summed E-state index contributed by atoms with van der Waals surface area (Å²) in [5.41, 5.74) is 3.49. The summed E-state index contributed by atoms with van der Waals surface area (Å²) in [7, 11) is 0. The van der Waals surface area contributed by atoms with E-state index in [4.69, 9.17) is 11.6 Å². The number of rotatable bonds is 5. The largest absolute Gasteiger partial charge is 0.480 e. The maximum absolute atomic E-state index is 12.2. The summed E-state index contributed by atoms with van der Waals surface area (Å²) < 4.78 is 0. The average molecular weight is 332 g/mol. The van der Waals surface area contributed by atoms with Gasteiger partial charge in [-0.3, -0.25) is 4.79 Å². The Morgan fingerprint density at radius 2 is 1.74 bits per heavy atom. The molecule has 0 saturated carbocycles. The summed E-state index contributed by atoms with van der Waals surface area (Å²) in [6, 6.07) is 11.1. The molecule has 0 bridgehead atoms. The highest BCUT2D eigenvalue weighted by Crippen LogP contribution is 2.13. The van der Waals surface area contributed by atoms with Gasteiger partial charge < -0.3 is 10.4 Å². The van der Waals surface area contributed by atoms with Crippen molar-refractivity contribution in [3.63, 3.8) is 0 Å². The fraction of sp³-hybridized carbons (Fsp3) is 0.222. The summed E-state index contributed by atoms with van der Waals surface area (Å²) in [6.07, 6.45) is 0.232. The molecule has 0 fully saturated rings. The standard InChI is InChI=1S/C18H18ClNO3/c1-11-3-4-13(9-12(11)2)10-16(18(22)23)20-17(21)14-5-7-15(19)8-6-14/h3-9,16H,10H2,1-2H3,(H,20,21)(H,22,23)/t16-/m1/s1. The Kier molecular flexibility index (Phi) is 5.40. The zero-order valence-electron chi connectivity index (χ0n) is 13.0. The molecule has 0 heterocycles. The molecule has 2 aromatic carbocycles. The minimum absolute atomic E-state index is 0.232. The first-order chi connectivity index (χ1) is 10.9. The minimum atomic E-state index is -1.06. The van der Waals surface area contributed by atoms with Crippen LogP contribution in [-0.4, -0.2) is 23.0 Å². The lowest BCUT2D eigenvalue weighted by Crippen LogP contribution is -2.42. The zero-order valence-corrected chi connectivity index (χ0v) is 13.7. The van der Waals surface area contributed by atoms with Crippen molar-refractivity contribution in [2.24, 2.45) is 0 Å². The lowest BCUT2D eigenvalue weighted by Gasteiger charge is -2.15. The monoisotopic (exact) mass is 331 g/mol. The maximum Gasteiger partial charge on any atom is 0.326 e. The smallest absolute Gasteiger partial charge is 0.326 e. The van der Waals surface area contributed by atoms with Gasteiger partial charge >= 0.3 is 5.97 Å². The van der Waals surface area contributed by atoms with Crippen molar-refractivity contribution in [3.8, 4) is 0 Å². The summed E-state index contributed by atoms with van der Waals surface area (Å²) in [6.45, 7) is 3.97. The number of halogens is 1. The molecule has 2 rings (SSSR count). The predicted molar refractivity (Wildman–Crippen MR) is 90.0 cm³/mol. The lowest BCUT2D eigenvalue weighted by atomic mass is 10.0. The van der Waals surface area contributed by atoms with Crippen molar-refractivity contribution >= 4 is 23.5 Å². The summed E-state index contributed by atoms with van der Waals surface area (Å²) in [4.78, 5) is 23.6. The lowest BCUT2D eigenvalue weighted by molar-refractivity contribution is -0.139. The molecule has 0 aromatic heterocycles. The highest BCUT2D eigenvalue weighted by Gasteiger charge is 2.21. The van der Waals surface area contributed by atoms with Gasteiger partial charge in [-0.2, -0.15) is 0 Å². The van der Waals surface area contributed by atoms with Crippen molar-refractivity contribution < 1.29 is 14.7 Å². The Hall–Kier alpha value is -2.33. The topological polar surface area (TPSA) is 66.4 Å². The number of benzene rings is 2. The second-order valence-electron chi connectivity index (χ2n) is 5.49. The molecule has 5 heteroatoms. The van der Waals surface area contributed by atoms with Crippen LogP contribution in [0.4, 0.5) is 0 Å². The minimum Gasteiger partial charge on any atom is -0.480 e. The second kappa shape index (κ2) is 7.29. The number of amides is 1. The van der Waals surface area contributed by atoms with Gasteiger partial charge in [0.2, 0.25) is 0 Å². The number of carboxylic acid groups (broad SMARTS) is 1. The van der Waals surface area contributed by atoms with Crippen LogP contribution in [0.15, 0.2) is 42.5 Å². The van der Waals surface area contributed by atoms with E-state index in [1.165, 1.54) is 0 Å². The van der Waals surface area contributed by atoms with Crippen LogP contribution in [0.3, 0.4) is 0 Å². The third-order valence-electron chi connectivity index (χ3n) is 3.72. The molecule has 0 aliphatic heterocycles. The van der Waals surface area contributed by atoms with Crippen LogP contribution in [-0.2, 0) is 11.2 Å². The molecule has 0 unspecified atom stereocenters. The molecule has 1 amide bonds. The molecule has 1 atom stereocenters. The van der Waals surface area contributed by atoms with Crippen LogP contribution in [0.5, 0.6) is 0 Å². The first kappa shape index (κ1) is 17.0. The van der Waals surface area contributed by atoms with Crippen LogP contribution < -0.4 is 5.32 Å². The van der Waals surface area contributed by atoms with Crippen molar-refractivity contribution in [2.45, 2.75) is 26.3 Å². The molecule has 23 heavy (non-hydrogen) atoms. The molecular formula is C18H18ClNO3. The molecule has 120 valence electrons. The molecule has 4 nitrogen and oxygen atoms in total. The molecule has 0 radical (unpaired) electrons. The van der Waals surface area contributed by atoms with Gasteiger partial charge in [0.05, 0.1) is 0 Å². The molecule has 0 aliphatic rings. The first-order valence-corrected chi connectivity index (χ1v) is 7.60. The van der Waals surface area contributed by atoms with Crippen molar-refractivity contribution in [1.82, 2.24) is 5.32 Å². The number of hydrogen-bond donors (Lipinski definition) is 2. The molecule has 0 spiro atoms. The Labute approximate surface area is 140 Å². The molecule has 2 aromatic rings. The predicted octanol–water partition coefficient (Wildman–Crippen LogP) is 3.38. The van der Waals surface area contributed by atoms with E-state index < -0.39 is 17.9 Å². The van der Waals surface area contributed by atoms with Crippen LogP contribution >= 0.6 is 11.6 Å². The number of nitrogens with one attached hydrogen (secondary N) is 1. The van der Waals surface area contributed by atoms with E-state index in [1.807, 2.05) is 32.0 Å². The van der Waals surface area contributed by atoms with E-state index in [0.717, 1.165) is 16.7 Å². The van der Waals surface area contributed by atoms with Gasteiger partial charge in [0, 0.05) is 17.0 Å². The Balaban J connectivity index is 2.12. The van der Waals surface area contributed by atoms with Gasteiger partial charge in [0.25, 0.3) is 5.91 Å². The van der Waals surface area contributed by atoms with Crippen molar-refractivity contribution in [2.75, 3.05) is 0 Å². The Morgan fingerprint density at radius 3 is 2.30 bits per heavy atom. The number of aliphatic carboxylic acids is 1. The third-order valence-corrected chi connectivity index (χ3v) is 3.97. The van der Waals surface area contributed by atoms with Gasteiger partial charge in [0.1, 0.15) is 6.04 Å². The van der Waals surface area contributed by atoms with Gasteiger partial charge in [-0.25, -0.2) is 4.79 Å². The van der Waals surface area contributed by atoms with Gasteiger partial charge in [-0.05, 0) is 54.8 Å². The SMILES string of the molecule is Cc1ccc(C[C@@H](NC(=O)c2ccc(Cl)cc2)C(=O)O)cc1C. The van der Waals surface area contributed by atoms with E-state index in [1.54, 1.807) is 24.3 Å². The van der Waals surface area contributed by atoms with Gasteiger partial charge in [0.15, 0.2) is 0 Å². The number of carboxylic acids is 1. The number of aryl methyl sites for hydroxylation is 2. The van der Waals surface area contributed by atoms with Crippen LogP contribution in [0.25, 0.3) is 0 Å². The molecule has 0 saturated heterocycles. The molecule has 0 aliphatic carbocycles. The normalized spacial score (nSPS) is 11.8. The Morgan fingerprint density at radius 1 is 1.09 bits per heavy atom. The molecular weight excluding hydrogens is 314 g/mol. The van der Waals surface area contributed by atoms with E-state index in [9.17, 15) is 14.7 Å². The molecule has 2 N–H and O–H groups in total. The fourth-order valence-electron chi connectivity index (χ4n) is 2.21. The van der Waals surface area contributed by atoms with E-state index in [0.29, 0.717) is 10.6 Å². The maximum atomic E-state index is 12.2. The summed E-state index contributed by atoms with van der Waals surface area (Å²) in [5, 5.41) is 12.4. The quantitative estimate of drug-likeness (QED) is 0.882. The average Bonchev–Trinajstić information content (AvgIpc) is 2.50. The van der Waals surface area contributed by atoms with Crippen LogP contribution in [0.2, 0.25) is 5.02 Å². The van der Waals surface area contributed by atoms with Crippen molar-refractivity contribution in [3.05, 3.63) is 69.7 Å². The van der Waals surface area contributed by atoms with E-state index in [2.05, 4.69) is 5.32 Å². The van der Waals surface area contributed by atoms with Crippen LogP contribution in [0, 0.1) is 13.8 Å². The Bertz CT molecular complexity index is 726. The summed E-state index contributed by atoms with van der Waals surface area (Å²) in [5.74, 6) is -1.50. The van der Waals surface area contributed by atoms with E-state index >= 15 is 0 Å². The number of carbonyl (C=O) groups is 2. The van der Waals surface area contributed by atoms with Gasteiger partial charge in [-0.1, -0.05) is 29.8 Å². The van der Waals surface area contributed by atoms with E-state index in [-0.39, 0.29) is 6.42 Å². The fourth-order valence-corrected chi connectivity index (χ4v) is 2.34. The van der Waals surface area contributed by atoms with Crippen LogP contribution in [0.1, 0.15) is 27.0 Å². The highest BCUT2D eigenvalue weighted by molar-refractivity contribution is 6.30. The highest BCUT2D eigenvalue weighted by atomic mass is 35.5. The summed E-state index contributed by atoms with van der Waals surface area (Å²) >= 11 is 5.78. The van der Waals surface area contributed by atoms with Gasteiger partial charge in [-0.15, -0.1) is 0 Å². The van der Waals surface area contributed by atoms with Crippen molar-refractivity contribution in [1.29, 1.82) is 0 Å². The zero-order chi connectivity index (χ0) is 17.0. The third kappa shape index (κ3) is 4.57.